The van der Waals surface area contributed by atoms with E-state index >= 15 is 0 Å². The van der Waals surface area contributed by atoms with Crippen LogP contribution in [0.15, 0.2) is 35.5 Å². The first kappa shape index (κ1) is 19.2. The van der Waals surface area contributed by atoms with Gasteiger partial charge in [-0.2, -0.15) is 13.2 Å². The van der Waals surface area contributed by atoms with Crippen molar-refractivity contribution in [2.45, 2.75) is 51.1 Å². The lowest BCUT2D eigenvalue weighted by Crippen LogP contribution is -2.52. The summed E-state index contributed by atoms with van der Waals surface area (Å²) >= 11 is 0. The Morgan fingerprint density at radius 1 is 1.23 bits per heavy atom. The number of fused-ring (bicyclic) bond motifs is 3. The molecule has 0 spiro atoms. The average molecular weight is 430 g/mol. The monoisotopic (exact) mass is 430 g/mol. The number of oxime groups is 1. The number of benzene rings is 1. The second-order valence-corrected chi connectivity index (χ2v) is 9.15. The molecule has 164 valence electrons. The van der Waals surface area contributed by atoms with Crippen molar-refractivity contribution in [1.82, 2.24) is 14.4 Å². The predicted octanol–water partition coefficient (Wildman–Crippen LogP) is 4.75. The SMILES string of the molecule is CC[C@@]12C=C(C3ON=C(C(F)(F)F)N3C)n3c4c(c5ccccc53)CCN(CCC1)[C@H]42. The van der Waals surface area contributed by atoms with E-state index in [1.165, 1.54) is 23.7 Å². The summed E-state index contributed by atoms with van der Waals surface area (Å²) < 4.78 is 42.6. The topological polar surface area (TPSA) is 33.0 Å². The molecular weight excluding hydrogens is 405 g/mol. The number of hydrogen-bond acceptors (Lipinski definition) is 4. The molecule has 0 N–H and O–H groups in total. The van der Waals surface area contributed by atoms with E-state index in [1.807, 2.05) is 12.1 Å². The molecule has 4 aliphatic rings. The maximum absolute atomic E-state index is 13.5. The lowest BCUT2D eigenvalue weighted by molar-refractivity contribution is -0.0672. The summed E-state index contributed by atoms with van der Waals surface area (Å²) in [5.41, 5.74) is 4.25. The highest BCUT2D eigenvalue weighted by molar-refractivity contribution is 5.93. The van der Waals surface area contributed by atoms with Crippen LogP contribution in [-0.2, 0) is 11.3 Å². The second kappa shape index (κ2) is 6.28. The molecule has 0 radical (unpaired) electrons. The predicted molar refractivity (Wildman–Crippen MR) is 112 cm³/mol. The van der Waals surface area contributed by atoms with Gasteiger partial charge in [0.15, 0.2) is 0 Å². The maximum atomic E-state index is 13.5. The Hall–Kier alpha value is -2.48. The zero-order valence-electron chi connectivity index (χ0n) is 17.6. The minimum atomic E-state index is -4.55. The van der Waals surface area contributed by atoms with Crippen molar-refractivity contribution in [2.24, 2.45) is 10.6 Å². The number of hydrogen-bond donors (Lipinski definition) is 0. The van der Waals surface area contributed by atoms with E-state index in [-0.39, 0.29) is 11.5 Å². The highest BCUT2D eigenvalue weighted by Gasteiger charge is 2.53. The van der Waals surface area contributed by atoms with Gasteiger partial charge in [-0.25, -0.2) is 0 Å². The van der Waals surface area contributed by atoms with Crippen molar-refractivity contribution in [3.05, 3.63) is 41.6 Å². The fraction of sp³-hybridized carbons (Fsp3) is 0.522. The normalized spacial score (nSPS) is 30.2. The molecule has 4 aliphatic heterocycles. The Labute approximate surface area is 178 Å². The molecule has 2 aromatic rings. The van der Waals surface area contributed by atoms with Gasteiger partial charge in [0.1, 0.15) is 0 Å². The van der Waals surface area contributed by atoms with Crippen molar-refractivity contribution < 1.29 is 18.0 Å². The van der Waals surface area contributed by atoms with Crippen molar-refractivity contribution in [3.63, 3.8) is 0 Å². The van der Waals surface area contributed by atoms with E-state index < -0.39 is 18.2 Å². The molecule has 0 saturated carbocycles. The van der Waals surface area contributed by atoms with E-state index in [9.17, 15) is 13.2 Å². The van der Waals surface area contributed by atoms with Gasteiger partial charge in [0, 0.05) is 30.1 Å². The Kier molecular flexibility index (Phi) is 3.89. The summed E-state index contributed by atoms with van der Waals surface area (Å²) in [6.45, 7) is 4.29. The molecule has 1 unspecified atom stereocenters. The number of para-hydroxylation sites is 1. The molecule has 0 bridgehead atoms. The minimum absolute atomic E-state index is 0.113. The fourth-order valence-electron chi connectivity index (χ4n) is 6.35. The number of likely N-dealkylation sites (N-methyl/N-ethyl adjacent to an activating group) is 1. The molecule has 3 atom stereocenters. The highest BCUT2D eigenvalue weighted by atomic mass is 19.4. The van der Waals surface area contributed by atoms with Crippen LogP contribution >= 0.6 is 0 Å². The van der Waals surface area contributed by atoms with Crippen LogP contribution in [-0.4, -0.2) is 52.7 Å². The molecule has 1 aromatic carbocycles. The smallest absolute Gasteiger partial charge is 0.362 e. The van der Waals surface area contributed by atoms with Crippen molar-refractivity contribution in [3.8, 4) is 0 Å². The third-order valence-electron chi connectivity index (χ3n) is 7.71. The van der Waals surface area contributed by atoms with E-state index in [0.717, 1.165) is 54.9 Å². The van der Waals surface area contributed by atoms with Gasteiger partial charge < -0.3 is 14.3 Å². The van der Waals surface area contributed by atoms with Crippen LogP contribution in [0.1, 0.15) is 43.5 Å². The lowest BCUT2D eigenvalue weighted by atomic mass is 9.66. The number of alkyl halides is 3. The third kappa shape index (κ3) is 2.45. The summed E-state index contributed by atoms with van der Waals surface area (Å²) in [7, 11) is 1.42. The van der Waals surface area contributed by atoms with Crippen LogP contribution in [0, 0.1) is 5.41 Å². The zero-order chi connectivity index (χ0) is 21.5. The van der Waals surface area contributed by atoms with Gasteiger partial charge in [-0.3, -0.25) is 4.90 Å². The standard InChI is InChI=1S/C23H25F3N4O/c1-3-22-10-6-11-29-12-9-15-14-7-4-5-8-16(14)30(18(15)19(22)29)17(13-22)20-28(2)21(27-31-20)23(24,25)26/h4-5,7-8,13,19-20H,3,6,9-12H2,1-2H3/t19-,20?,22+/m1/s1. The molecule has 1 fully saturated rings. The zero-order valence-corrected chi connectivity index (χ0v) is 17.6. The van der Waals surface area contributed by atoms with E-state index in [1.54, 1.807) is 0 Å². The molecule has 0 amide bonds. The lowest BCUT2D eigenvalue weighted by Gasteiger charge is -2.54. The van der Waals surface area contributed by atoms with E-state index in [0.29, 0.717) is 0 Å². The van der Waals surface area contributed by atoms with E-state index in [4.69, 9.17) is 4.84 Å². The number of aromatic nitrogens is 1. The summed E-state index contributed by atoms with van der Waals surface area (Å²) in [5.74, 6) is -0.985. The minimum Gasteiger partial charge on any atom is -0.362 e. The van der Waals surface area contributed by atoms with Gasteiger partial charge >= 0.3 is 6.18 Å². The number of nitrogens with zero attached hydrogens (tertiary/aromatic N) is 4. The second-order valence-electron chi connectivity index (χ2n) is 9.15. The van der Waals surface area contributed by atoms with Gasteiger partial charge in [-0.15, -0.1) is 0 Å². The Balaban J connectivity index is 1.60. The van der Waals surface area contributed by atoms with E-state index in [2.05, 4.69) is 39.8 Å². The number of amidine groups is 1. The van der Waals surface area contributed by atoms with Crippen molar-refractivity contribution >= 4 is 22.4 Å². The number of halogens is 3. The van der Waals surface area contributed by atoms with Gasteiger partial charge in [0.2, 0.25) is 6.23 Å². The van der Waals surface area contributed by atoms with Crippen LogP contribution in [0.5, 0.6) is 0 Å². The van der Waals surface area contributed by atoms with Crippen molar-refractivity contribution in [1.29, 1.82) is 0 Å². The van der Waals surface area contributed by atoms with Gasteiger partial charge in [0.25, 0.3) is 5.84 Å². The fourth-order valence-corrected chi connectivity index (χ4v) is 6.35. The molecule has 1 saturated heterocycles. The first-order chi connectivity index (χ1) is 14.9. The first-order valence-corrected chi connectivity index (χ1v) is 11.0. The van der Waals surface area contributed by atoms with Crippen LogP contribution in [0.4, 0.5) is 13.2 Å². The van der Waals surface area contributed by atoms with Crippen molar-refractivity contribution in [2.75, 3.05) is 20.1 Å². The summed E-state index contributed by atoms with van der Waals surface area (Å²) in [5, 5.41) is 4.63. The molecule has 8 heteroatoms. The van der Waals surface area contributed by atoms with Gasteiger partial charge in [0.05, 0.1) is 17.3 Å². The first-order valence-electron chi connectivity index (χ1n) is 11.0. The molecule has 0 aliphatic carbocycles. The van der Waals surface area contributed by atoms with Crippen LogP contribution in [0.25, 0.3) is 16.6 Å². The Morgan fingerprint density at radius 2 is 2.03 bits per heavy atom. The third-order valence-corrected chi connectivity index (χ3v) is 7.71. The molecule has 5 heterocycles. The van der Waals surface area contributed by atoms with Gasteiger partial charge in [-0.1, -0.05) is 36.4 Å². The van der Waals surface area contributed by atoms with Crippen LogP contribution in [0.3, 0.4) is 0 Å². The molecule has 5 nitrogen and oxygen atoms in total. The average Bonchev–Trinajstić information content (AvgIpc) is 3.31. The molecule has 6 rings (SSSR count). The summed E-state index contributed by atoms with van der Waals surface area (Å²) in [6.07, 6.45) is 0.768. The quantitative estimate of drug-likeness (QED) is 0.690. The summed E-state index contributed by atoms with van der Waals surface area (Å²) in [4.78, 5) is 9.17. The maximum Gasteiger partial charge on any atom is 0.452 e. The highest BCUT2D eigenvalue weighted by Crippen LogP contribution is 2.57. The largest absolute Gasteiger partial charge is 0.452 e. The van der Waals surface area contributed by atoms with Gasteiger partial charge in [-0.05, 0) is 43.9 Å². The van der Waals surface area contributed by atoms with Crippen LogP contribution in [0.2, 0.25) is 0 Å². The number of piperidine rings is 1. The number of rotatable bonds is 2. The molecule has 1 aromatic heterocycles. The molecule has 31 heavy (non-hydrogen) atoms. The molecular formula is C23H25F3N4O. The Bertz CT molecular complexity index is 1130. The van der Waals surface area contributed by atoms with Crippen LogP contribution < -0.4 is 0 Å². The summed E-state index contributed by atoms with van der Waals surface area (Å²) in [6, 6.07) is 8.48. The Morgan fingerprint density at radius 3 is 2.77 bits per heavy atom.